The maximum absolute atomic E-state index is 5.60. The zero-order valence-corrected chi connectivity index (χ0v) is 19.5. The van der Waals surface area contributed by atoms with Gasteiger partial charge in [0, 0.05) is 26.1 Å². The predicted octanol–water partition coefficient (Wildman–Crippen LogP) is 5.20. The second-order valence-corrected chi connectivity index (χ2v) is 8.32. The van der Waals surface area contributed by atoms with E-state index in [1.807, 2.05) is 59.6 Å². The minimum Gasteiger partial charge on any atom is -0.497 e. The number of nitrogens with zero attached hydrogens (tertiary/aromatic N) is 3. The Morgan fingerprint density at radius 2 is 2.00 bits per heavy atom. The molecule has 7 heteroatoms. The van der Waals surface area contributed by atoms with Gasteiger partial charge in [-0.15, -0.1) is 11.3 Å². The van der Waals surface area contributed by atoms with Crippen molar-refractivity contribution in [3.8, 4) is 22.8 Å². The Kier molecular flexibility index (Phi) is 7.27. The fourth-order valence-electron chi connectivity index (χ4n) is 2.62. The number of methoxy groups -OCH3 is 2. The summed E-state index contributed by atoms with van der Waals surface area (Å²) in [4.78, 5) is 5.47. The Labute approximate surface area is 188 Å². The van der Waals surface area contributed by atoms with Crippen LogP contribution in [0.4, 0.5) is 0 Å². The molecule has 0 spiro atoms. The quantitative estimate of drug-likeness (QED) is 0.245. The molecule has 3 rings (SSSR count). The smallest absolute Gasteiger partial charge is 0.206 e. The number of hydrogen-bond acceptors (Lipinski definition) is 5. The molecule has 0 unspecified atom stereocenters. The number of halogens is 1. The lowest BCUT2D eigenvalue weighted by Gasteiger charge is -2.11. The first-order valence-electron chi connectivity index (χ1n) is 8.90. The lowest BCUT2D eigenvalue weighted by atomic mass is 10.1. The zero-order valence-electron chi connectivity index (χ0n) is 16.6. The highest BCUT2D eigenvalue weighted by Crippen LogP contribution is 2.33. The molecule has 0 aliphatic carbocycles. The molecule has 5 nitrogen and oxygen atoms in total. The van der Waals surface area contributed by atoms with Crippen molar-refractivity contribution in [2.24, 2.45) is 10.1 Å². The Morgan fingerprint density at radius 1 is 1.21 bits per heavy atom. The number of benzene rings is 2. The summed E-state index contributed by atoms with van der Waals surface area (Å²) in [6.07, 6.45) is 1.85. The van der Waals surface area contributed by atoms with Crippen molar-refractivity contribution in [3.05, 3.63) is 73.9 Å². The van der Waals surface area contributed by atoms with Gasteiger partial charge in [-0.05, 0) is 47.7 Å². The summed E-state index contributed by atoms with van der Waals surface area (Å²) in [5.74, 6) is 1.45. The van der Waals surface area contributed by atoms with Crippen molar-refractivity contribution in [3.63, 3.8) is 0 Å². The number of ether oxygens (including phenoxy) is 2. The number of hydrogen-bond donors (Lipinski definition) is 0. The molecule has 1 aromatic heterocycles. The first-order chi connectivity index (χ1) is 14.0. The highest BCUT2D eigenvalue weighted by molar-refractivity contribution is 14.1. The van der Waals surface area contributed by atoms with Gasteiger partial charge in [-0.2, -0.15) is 5.10 Å². The summed E-state index contributed by atoms with van der Waals surface area (Å²) in [5.41, 5.74) is 3.86. The molecule has 0 saturated carbocycles. The van der Waals surface area contributed by atoms with Crippen molar-refractivity contribution in [1.82, 2.24) is 4.68 Å². The summed E-state index contributed by atoms with van der Waals surface area (Å²) in [5, 5.41) is 6.79. The van der Waals surface area contributed by atoms with Crippen molar-refractivity contribution in [1.29, 1.82) is 0 Å². The van der Waals surface area contributed by atoms with Gasteiger partial charge in [-0.25, -0.2) is 4.68 Å². The van der Waals surface area contributed by atoms with E-state index in [1.54, 1.807) is 14.2 Å². The molecule has 0 saturated heterocycles. The van der Waals surface area contributed by atoms with E-state index in [-0.39, 0.29) is 0 Å². The highest BCUT2D eigenvalue weighted by Gasteiger charge is 2.13. The van der Waals surface area contributed by atoms with Crippen LogP contribution in [-0.4, -0.2) is 31.7 Å². The molecule has 2 aromatic carbocycles. The molecule has 0 N–H and O–H groups in total. The summed E-state index contributed by atoms with van der Waals surface area (Å²) < 4.78 is 13.9. The molecule has 0 aliphatic heterocycles. The Hall–Kier alpha value is -2.39. The van der Waals surface area contributed by atoms with Crippen LogP contribution in [0.1, 0.15) is 12.5 Å². The van der Waals surface area contributed by atoms with Crippen LogP contribution in [-0.2, 0) is 0 Å². The van der Waals surface area contributed by atoms with Gasteiger partial charge in [-0.1, -0.05) is 30.4 Å². The lowest BCUT2D eigenvalue weighted by Crippen LogP contribution is -2.13. The molecule has 0 amide bonds. The van der Waals surface area contributed by atoms with E-state index in [0.717, 1.165) is 36.5 Å². The van der Waals surface area contributed by atoms with Gasteiger partial charge in [0.25, 0.3) is 0 Å². The highest BCUT2D eigenvalue weighted by atomic mass is 127. The van der Waals surface area contributed by atoms with Gasteiger partial charge in [0.15, 0.2) is 0 Å². The summed E-state index contributed by atoms with van der Waals surface area (Å²) in [6, 6.07) is 13.9. The van der Waals surface area contributed by atoms with Crippen molar-refractivity contribution in [2.45, 2.75) is 6.92 Å². The van der Waals surface area contributed by atoms with Gasteiger partial charge < -0.3 is 9.47 Å². The van der Waals surface area contributed by atoms with E-state index in [2.05, 4.69) is 40.2 Å². The number of aromatic nitrogens is 1. The van der Waals surface area contributed by atoms with Crippen LogP contribution >= 0.6 is 33.9 Å². The van der Waals surface area contributed by atoms with Gasteiger partial charge in [0.2, 0.25) is 4.80 Å². The van der Waals surface area contributed by atoms with Crippen LogP contribution in [0.25, 0.3) is 11.3 Å². The van der Waals surface area contributed by atoms with Gasteiger partial charge in [0.1, 0.15) is 11.5 Å². The second-order valence-electron chi connectivity index (χ2n) is 6.32. The third-order valence-corrected chi connectivity index (χ3v) is 5.91. The van der Waals surface area contributed by atoms with Crippen LogP contribution in [0.3, 0.4) is 0 Å². The van der Waals surface area contributed by atoms with E-state index in [0.29, 0.717) is 12.3 Å². The van der Waals surface area contributed by atoms with Gasteiger partial charge in [-0.3, -0.25) is 4.99 Å². The molecular weight excluding hydrogens is 497 g/mol. The molecule has 0 fully saturated rings. The minimum absolute atomic E-state index is 0.554. The van der Waals surface area contributed by atoms with E-state index >= 15 is 0 Å². The first kappa shape index (κ1) is 21.3. The Morgan fingerprint density at radius 3 is 2.69 bits per heavy atom. The SMILES string of the molecule is C=C(C)CN=c1scc(-c2ccc(OC)cc2OC)n1N=Cc1ccccc1I. The standard InChI is InChI=1S/C22H22IN3O2S/c1-15(2)12-24-22-26(25-13-16-7-5-6-8-19(16)23)20(14-29-22)18-10-9-17(27-3)11-21(18)28-4/h5-11,13-14H,1,12H2,2-4H3. The molecule has 0 atom stereocenters. The van der Waals surface area contributed by atoms with E-state index in [4.69, 9.17) is 14.6 Å². The summed E-state index contributed by atoms with van der Waals surface area (Å²) in [6.45, 7) is 6.46. The Balaban J connectivity index is 2.15. The maximum Gasteiger partial charge on any atom is 0.206 e. The van der Waals surface area contributed by atoms with Crippen molar-refractivity contribution < 1.29 is 9.47 Å². The van der Waals surface area contributed by atoms with Crippen LogP contribution in [0, 0.1) is 3.57 Å². The van der Waals surface area contributed by atoms with E-state index < -0.39 is 0 Å². The van der Waals surface area contributed by atoms with Gasteiger partial charge >= 0.3 is 0 Å². The topological polar surface area (TPSA) is 48.1 Å². The normalized spacial score (nSPS) is 11.8. The van der Waals surface area contributed by atoms with E-state index in [1.165, 1.54) is 11.3 Å². The maximum atomic E-state index is 5.60. The third-order valence-electron chi connectivity index (χ3n) is 4.07. The average molecular weight is 519 g/mol. The van der Waals surface area contributed by atoms with Crippen LogP contribution in [0.5, 0.6) is 11.5 Å². The van der Waals surface area contributed by atoms with Crippen molar-refractivity contribution in [2.75, 3.05) is 20.8 Å². The van der Waals surface area contributed by atoms with Crippen LogP contribution in [0.2, 0.25) is 0 Å². The molecule has 150 valence electrons. The molecule has 0 bridgehead atoms. The molecule has 29 heavy (non-hydrogen) atoms. The Bertz CT molecular complexity index is 1120. The molecule has 1 heterocycles. The van der Waals surface area contributed by atoms with E-state index in [9.17, 15) is 0 Å². The van der Waals surface area contributed by atoms with Crippen molar-refractivity contribution >= 4 is 40.1 Å². The fraction of sp³-hybridized carbons (Fsp3) is 0.182. The molecule has 3 aromatic rings. The number of thiazole rings is 1. The molecule has 0 radical (unpaired) electrons. The van der Waals surface area contributed by atoms with Crippen LogP contribution < -0.4 is 14.3 Å². The summed E-state index contributed by atoms with van der Waals surface area (Å²) >= 11 is 3.84. The zero-order chi connectivity index (χ0) is 20.8. The largest absolute Gasteiger partial charge is 0.497 e. The fourth-order valence-corrected chi connectivity index (χ4v) is 3.97. The predicted molar refractivity (Wildman–Crippen MR) is 128 cm³/mol. The monoisotopic (exact) mass is 519 g/mol. The average Bonchev–Trinajstić information content (AvgIpc) is 3.13. The lowest BCUT2D eigenvalue weighted by molar-refractivity contribution is 0.395. The second kappa shape index (κ2) is 9.89. The molecular formula is C22H22IN3O2S. The van der Waals surface area contributed by atoms with Crippen LogP contribution in [0.15, 0.2) is 70.1 Å². The first-order valence-corrected chi connectivity index (χ1v) is 10.9. The van der Waals surface area contributed by atoms with Gasteiger partial charge in [0.05, 0.1) is 32.7 Å². The third kappa shape index (κ3) is 5.16. The minimum atomic E-state index is 0.554. The molecule has 0 aliphatic rings. The summed E-state index contributed by atoms with van der Waals surface area (Å²) in [7, 11) is 3.29. The number of rotatable bonds is 7.